The van der Waals surface area contributed by atoms with Crippen LogP contribution in [0.5, 0.6) is 0 Å². The molecule has 1 aliphatic rings. The first-order valence-electron chi connectivity index (χ1n) is 4.41. The van der Waals surface area contributed by atoms with Crippen LogP contribution in [0.4, 0.5) is 0 Å². The third-order valence-corrected chi connectivity index (χ3v) is 2.31. The van der Waals surface area contributed by atoms with Gasteiger partial charge in [0.1, 0.15) is 0 Å². The predicted octanol–water partition coefficient (Wildman–Crippen LogP) is 2.56. The first kappa shape index (κ1) is 9.55. The fourth-order valence-electron chi connectivity index (χ4n) is 1.43. The SMILES string of the molecule is C[C@H](CC#N)C1=CC=CC(C#N)C1. The van der Waals surface area contributed by atoms with Gasteiger partial charge in [0.25, 0.3) is 0 Å². The molecule has 1 aliphatic carbocycles. The number of hydrogen-bond acceptors (Lipinski definition) is 2. The summed E-state index contributed by atoms with van der Waals surface area (Å²) in [5, 5.41) is 17.3. The van der Waals surface area contributed by atoms with Gasteiger partial charge >= 0.3 is 0 Å². The van der Waals surface area contributed by atoms with Crippen molar-refractivity contribution in [3.05, 3.63) is 23.8 Å². The number of hydrogen-bond donors (Lipinski definition) is 0. The maximum absolute atomic E-state index is 8.73. The highest BCUT2D eigenvalue weighted by molar-refractivity contribution is 5.25. The highest BCUT2D eigenvalue weighted by Gasteiger charge is 2.15. The monoisotopic (exact) mass is 172 g/mol. The standard InChI is InChI=1S/C11H12N2/c1-9(5-6-12)11-4-2-3-10(7-11)8-13/h2-4,9-10H,5,7H2,1H3/t9-,10?/m1/s1. The van der Waals surface area contributed by atoms with E-state index in [0.29, 0.717) is 6.42 Å². The van der Waals surface area contributed by atoms with Gasteiger partial charge < -0.3 is 0 Å². The maximum Gasteiger partial charge on any atom is 0.0700 e. The van der Waals surface area contributed by atoms with E-state index in [0.717, 1.165) is 6.42 Å². The Bertz CT molecular complexity index is 312. The Morgan fingerprint density at radius 2 is 2.38 bits per heavy atom. The molecule has 0 aliphatic heterocycles. The fourth-order valence-corrected chi connectivity index (χ4v) is 1.43. The van der Waals surface area contributed by atoms with E-state index in [1.165, 1.54) is 5.57 Å². The van der Waals surface area contributed by atoms with Crippen LogP contribution in [-0.2, 0) is 0 Å². The fraction of sp³-hybridized carbons (Fsp3) is 0.455. The van der Waals surface area contributed by atoms with Crippen LogP contribution in [-0.4, -0.2) is 0 Å². The lowest BCUT2D eigenvalue weighted by atomic mass is 9.87. The second kappa shape index (κ2) is 4.48. The van der Waals surface area contributed by atoms with Crippen LogP contribution in [0.1, 0.15) is 19.8 Å². The van der Waals surface area contributed by atoms with E-state index in [4.69, 9.17) is 10.5 Å². The van der Waals surface area contributed by atoms with Crippen LogP contribution < -0.4 is 0 Å². The second-order valence-corrected chi connectivity index (χ2v) is 3.33. The molecule has 1 unspecified atom stereocenters. The van der Waals surface area contributed by atoms with E-state index >= 15 is 0 Å². The highest BCUT2D eigenvalue weighted by Crippen LogP contribution is 2.25. The molecule has 13 heavy (non-hydrogen) atoms. The molecule has 0 saturated carbocycles. The normalized spacial score (nSPS) is 22.7. The Kier molecular flexibility index (Phi) is 3.29. The van der Waals surface area contributed by atoms with Gasteiger partial charge in [-0.15, -0.1) is 0 Å². The summed E-state index contributed by atoms with van der Waals surface area (Å²) in [5.41, 5.74) is 1.22. The zero-order chi connectivity index (χ0) is 9.68. The van der Waals surface area contributed by atoms with Crippen molar-refractivity contribution in [2.24, 2.45) is 11.8 Å². The summed E-state index contributed by atoms with van der Waals surface area (Å²) < 4.78 is 0. The van der Waals surface area contributed by atoms with Crippen LogP contribution in [0.25, 0.3) is 0 Å². The third-order valence-electron chi connectivity index (χ3n) is 2.31. The van der Waals surface area contributed by atoms with E-state index in [-0.39, 0.29) is 11.8 Å². The zero-order valence-corrected chi connectivity index (χ0v) is 7.70. The minimum atomic E-state index is 0.00106. The molecule has 0 amide bonds. The molecular weight excluding hydrogens is 160 g/mol. The summed E-state index contributed by atoms with van der Waals surface area (Å²) in [7, 11) is 0. The van der Waals surface area contributed by atoms with Gasteiger partial charge in [-0.3, -0.25) is 0 Å². The Morgan fingerprint density at radius 3 is 3.00 bits per heavy atom. The van der Waals surface area contributed by atoms with Gasteiger partial charge in [0.05, 0.1) is 18.1 Å². The molecule has 66 valence electrons. The van der Waals surface area contributed by atoms with Crippen molar-refractivity contribution in [1.29, 1.82) is 10.5 Å². The van der Waals surface area contributed by atoms with Crippen molar-refractivity contribution in [3.63, 3.8) is 0 Å². The van der Waals surface area contributed by atoms with Crippen molar-refractivity contribution in [2.45, 2.75) is 19.8 Å². The molecule has 0 aromatic carbocycles. The molecule has 0 aromatic rings. The molecule has 0 fully saturated rings. The molecule has 2 heteroatoms. The van der Waals surface area contributed by atoms with Gasteiger partial charge in [-0.1, -0.05) is 30.7 Å². The van der Waals surface area contributed by atoms with E-state index in [9.17, 15) is 0 Å². The van der Waals surface area contributed by atoms with E-state index in [1.807, 2.05) is 25.2 Å². The van der Waals surface area contributed by atoms with Crippen molar-refractivity contribution in [1.82, 2.24) is 0 Å². The molecule has 2 atom stereocenters. The zero-order valence-electron chi connectivity index (χ0n) is 7.70. The molecule has 0 radical (unpaired) electrons. The summed E-state index contributed by atoms with van der Waals surface area (Å²) in [4.78, 5) is 0. The van der Waals surface area contributed by atoms with Crippen LogP contribution in [0.2, 0.25) is 0 Å². The lowest BCUT2D eigenvalue weighted by molar-refractivity contribution is 0.627. The summed E-state index contributed by atoms with van der Waals surface area (Å²) in [6, 6.07) is 4.37. The first-order chi connectivity index (χ1) is 6.27. The van der Waals surface area contributed by atoms with Crippen molar-refractivity contribution < 1.29 is 0 Å². The van der Waals surface area contributed by atoms with Crippen LogP contribution in [0.15, 0.2) is 23.8 Å². The molecule has 0 heterocycles. The third kappa shape index (κ3) is 2.46. The van der Waals surface area contributed by atoms with E-state index in [1.54, 1.807) is 0 Å². The molecular formula is C11H12N2. The summed E-state index contributed by atoms with van der Waals surface area (Å²) in [6.45, 7) is 2.03. The van der Waals surface area contributed by atoms with Crippen LogP contribution >= 0.6 is 0 Å². The average Bonchev–Trinajstić information content (AvgIpc) is 2.18. The Hall–Kier alpha value is -1.54. The molecule has 0 saturated heterocycles. The van der Waals surface area contributed by atoms with Gasteiger partial charge in [-0.05, 0) is 12.3 Å². The van der Waals surface area contributed by atoms with E-state index < -0.39 is 0 Å². The predicted molar refractivity (Wildman–Crippen MR) is 50.3 cm³/mol. The minimum absolute atomic E-state index is 0.00106. The molecule has 0 N–H and O–H groups in total. The number of nitrogens with zero attached hydrogens (tertiary/aromatic N) is 2. The van der Waals surface area contributed by atoms with E-state index in [2.05, 4.69) is 12.1 Å². The van der Waals surface area contributed by atoms with Crippen LogP contribution in [0.3, 0.4) is 0 Å². The minimum Gasteiger partial charge on any atom is -0.198 e. The van der Waals surface area contributed by atoms with Gasteiger partial charge in [-0.25, -0.2) is 0 Å². The highest BCUT2D eigenvalue weighted by atomic mass is 14.3. The Labute approximate surface area is 78.8 Å². The first-order valence-corrected chi connectivity index (χ1v) is 4.41. The summed E-state index contributed by atoms with van der Waals surface area (Å²) >= 11 is 0. The maximum atomic E-state index is 8.73. The van der Waals surface area contributed by atoms with Crippen molar-refractivity contribution in [3.8, 4) is 12.1 Å². The Morgan fingerprint density at radius 1 is 1.62 bits per heavy atom. The second-order valence-electron chi connectivity index (χ2n) is 3.33. The molecule has 1 rings (SSSR count). The van der Waals surface area contributed by atoms with Crippen LogP contribution in [0, 0.1) is 34.5 Å². The summed E-state index contributed by atoms with van der Waals surface area (Å²) in [5.74, 6) is 0.284. The molecule has 0 aromatic heterocycles. The number of rotatable bonds is 2. The van der Waals surface area contributed by atoms with Gasteiger partial charge in [-0.2, -0.15) is 10.5 Å². The molecule has 2 nitrogen and oxygen atoms in total. The smallest absolute Gasteiger partial charge is 0.0700 e. The van der Waals surface area contributed by atoms with Gasteiger partial charge in [0.15, 0.2) is 0 Å². The number of nitriles is 2. The van der Waals surface area contributed by atoms with Gasteiger partial charge in [0, 0.05) is 6.42 Å². The Balaban J connectivity index is 2.63. The van der Waals surface area contributed by atoms with Gasteiger partial charge in [0.2, 0.25) is 0 Å². The number of allylic oxidation sites excluding steroid dienone is 4. The van der Waals surface area contributed by atoms with Crippen molar-refractivity contribution >= 4 is 0 Å². The largest absolute Gasteiger partial charge is 0.198 e. The summed E-state index contributed by atoms with van der Waals surface area (Å²) in [6.07, 6.45) is 7.17. The molecule has 0 spiro atoms. The topological polar surface area (TPSA) is 47.6 Å². The lowest BCUT2D eigenvalue weighted by Gasteiger charge is -2.16. The van der Waals surface area contributed by atoms with Crippen molar-refractivity contribution in [2.75, 3.05) is 0 Å². The lowest BCUT2D eigenvalue weighted by Crippen LogP contribution is -2.06. The average molecular weight is 172 g/mol. The quantitative estimate of drug-likeness (QED) is 0.642. The molecule has 0 bridgehead atoms.